The number of hydrogen-bond acceptors (Lipinski definition) is 4. The Morgan fingerprint density at radius 3 is 2.52 bits per heavy atom. The lowest BCUT2D eigenvalue weighted by Crippen LogP contribution is -2.08. The number of carboxylic acid groups (broad SMARTS) is 1. The highest BCUT2D eigenvalue weighted by Crippen LogP contribution is 2.29. The number of carboxylic acids is 1. The molecule has 0 spiro atoms. The van der Waals surface area contributed by atoms with Gasteiger partial charge >= 0.3 is 5.97 Å². The summed E-state index contributed by atoms with van der Waals surface area (Å²) >= 11 is 0. The van der Waals surface area contributed by atoms with Crippen molar-refractivity contribution in [3.05, 3.63) is 29.8 Å². The summed E-state index contributed by atoms with van der Waals surface area (Å²) in [6.07, 6.45) is 2.45. The normalized spacial score (nSPS) is 10.9. The topological polar surface area (TPSA) is 72.8 Å². The molecule has 0 aliphatic carbocycles. The Morgan fingerprint density at radius 2 is 1.95 bits per heavy atom. The van der Waals surface area contributed by atoms with Gasteiger partial charge in [0.25, 0.3) is 5.78 Å². The first kappa shape index (κ1) is 16.8. The molecule has 0 saturated heterocycles. The van der Waals surface area contributed by atoms with Crippen molar-refractivity contribution in [1.29, 1.82) is 0 Å². The molecule has 0 heterocycles. The molecule has 5 nitrogen and oxygen atoms in total. The van der Waals surface area contributed by atoms with Crippen molar-refractivity contribution >= 4 is 17.8 Å². The first-order valence-corrected chi connectivity index (χ1v) is 6.79. The maximum atomic E-state index is 11.0. The van der Waals surface area contributed by atoms with Gasteiger partial charge in [0.2, 0.25) is 0 Å². The van der Waals surface area contributed by atoms with E-state index in [9.17, 15) is 9.59 Å². The molecule has 0 fully saturated rings. The molecule has 0 radical (unpaired) electrons. The van der Waals surface area contributed by atoms with Gasteiger partial charge in [0.05, 0.1) is 13.2 Å². The number of carbonyl (C=O) groups excluding carboxylic acids is 1. The van der Waals surface area contributed by atoms with Gasteiger partial charge in [-0.1, -0.05) is 26.0 Å². The predicted molar refractivity (Wildman–Crippen MR) is 79.6 cm³/mol. The molecule has 5 heteroatoms. The van der Waals surface area contributed by atoms with Gasteiger partial charge in [-0.05, 0) is 36.6 Å². The molecule has 114 valence electrons. The lowest BCUT2D eigenvalue weighted by molar-refractivity contribution is -0.146. The molecule has 0 aromatic heterocycles. The molecule has 0 bridgehead atoms. The van der Waals surface area contributed by atoms with E-state index in [4.69, 9.17) is 14.6 Å². The lowest BCUT2D eigenvalue weighted by Gasteiger charge is -2.13. The number of aliphatic carboxylic acids is 1. The van der Waals surface area contributed by atoms with Crippen LogP contribution in [0.5, 0.6) is 11.5 Å². The highest BCUT2D eigenvalue weighted by atomic mass is 16.5. The van der Waals surface area contributed by atoms with Gasteiger partial charge in [-0.15, -0.1) is 0 Å². The number of hydrogen-bond donors (Lipinski definition) is 1. The van der Waals surface area contributed by atoms with Crippen LogP contribution >= 0.6 is 0 Å². The van der Waals surface area contributed by atoms with E-state index < -0.39 is 11.8 Å². The summed E-state index contributed by atoms with van der Waals surface area (Å²) in [5.74, 6) is -0.844. The van der Waals surface area contributed by atoms with Gasteiger partial charge in [-0.25, -0.2) is 4.79 Å². The van der Waals surface area contributed by atoms with E-state index in [0.717, 1.165) is 6.08 Å². The van der Waals surface area contributed by atoms with Crippen LogP contribution in [0.1, 0.15) is 26.3 Å². The van der Waals surface area contributed by atoms with E-state index in [-0.39, 0.29) is 0 Å². The smallest absolute Gasteiger partial charge is 0.376 e. The fraction of sp³-hybridized carbons (Fsp3) is 0.375. The van der Waals surface area contributed by atoms with Gasteiger partial charge in [-0.2, -0.15) is 0 Å². The van der Waals surface area contributed by atoms with E-state index in [1.54, 1.807) is 18.2 Å². The average molecular weight is 292 g/mol. The van der Waals surface area contributed by atoms with Crippen LogP contribution in [-0.4, -0.2) is 30.1 Å². The van der Waals surface area contributed by atoms with Crippen molar-refractivity contribution in [2.75, 3.05) is 13.2 Å². The highest BCUT2D eigenvalue weighted by Gasteiger charge is 2.08. The Bertz CT molecular complexity index is 531. The number of ether oxygens (including phenoxy) is 2. The average Bonchev–Trinajstić information content (AvgIpc) is 2.43. The molecule has 1 N–H and O–H groups in total. The maximum absolute atomic E-state index is 11.0. The third kappa shape index (κ3) is 5.69. The first-order chi connectivity index (χ1) is 9.93. The van der Waals surface area contributed by atoms with Crippen LogP contribution in [0.4, 0.5) is 0 Å². The molecule has 1 aromatic carbocycles. The monoisotopic (exact) mass is 292 g/mol. The second-order valence-electron chi connectivity index (χ2n) is 4.85. The molecule has 1 aromatic rings. The van der Waals surface area contributed by atoms with Crippen molar-refractivity contribution in [3.8, 4) is 11.5 Å². The quantitative estimate of drug-likeness (QED) is 0.589. The number of carbonyl (C=O) groups is 2. The van der Waals surface area contributed by atoms with Crippen LogP contribution in [-0.2, 0) is 9.59 Å². The van der Waals surface area contributed by atoms with Crippen LogP contribution in [0, 0.1) is 5.92 Å². The maximum Gasteiger partial charge on any atom is 0.376 e. The zero-order chi connectivity index (χ0) is 15.8. The van der Waals surface area contributed by atoms with E-state index in [1.807, 2.05) is 6.92 Å². The minimum atomic E-state index is -1.48. The lowest BCUT2D eigenvalue weighted by atomic mass is 10.1. The molecular formula is C16H20O5. The summed E-state index contributed by atoms with van der Waals surface area (Å²) in [5.41, 5.74) is 0.671. The minimum absolute atomic E-state index is 0.396. The number of benzene rings is 1. The van der Waals surface area contributed by atoms with Gasteiger partial charge in [0, 0.05) is 0 Å². The molecule has 0 amide bonds. The summed E-state index contributed by atoms with van der Waals surface area (Å²) in [4.78, 5) is 21.5. The fourth-order valence-corrected chi connectivity index (χ4v) is 1.52. The summed E-state index contributed by atoms with van der Waals surface area (Å²) in [6.45, 7) is 7.03. The molecule has 0 aliphatic heterocycles. The largest absolute Gasteiger partial charge is 0.490 e. The molecule has 0 atom stereocenters. The van der Waals surface area contributed by atoms with Crippen molar-refractivity contribution < 1.29 is 24.2 Å². The van der Waals surface area contributed by atoms with E-state index in [2.05, 4.69) is 13.8 Å². The van der Waals surface area contributed by atoms with Gasteiger partial charge in [0.1, 0.15) is 0 Å². The third-order valence-electron chi connectivity index (χ3n) is 2.48. The standard InChI is InChI=1S/C16H20O5/c1-4-20-15-9-12(5-7-13(17)16(18)19)6-8-14(15)21-10-11(2)3/h5-9,11H,4,10H2,1-3H3,(H,18,19)/b7-5+. The Balaban J connectivity index is 2.91. The Kier molecular flexibility index (Phi) is 6.46. The second kappa shape index (κ2) is 8.09. The number of ketones is 1. The Morgan fingerprint density at radius 1 is 1.24 bits per heavy atom. The Hall–Kier alpha value is -2.30. The third-order valence-corrected chi connectivity index (χ3v) is 2.48. The van der Waals surface area contributed by atoms with E-state index in [1.165, 1.54) is 6.08 Å². The van der Waals surface area contributed by atoms with Crippen molar-refractivity contribution in [3.63, 3.8) is 0 Å². The molecule has 0 aliphatic rings. The number of rotatable bonds is 8. The molecular weight excluding hydrogens is 272 g/mol. The van der Waals surface area contributed by atoms with Crippen LogP contribution in [0.3, 0.4) is 0 Å². The molecule has 0 saturated carbocycles. The van der Waals surface area contributed by atoms with Gasteiger partial charge < -0.3 is 14.6 Å². The van der Waals surface area contributed by atoms with E-state index in [0.29, 0.717) is 36.2 Å². The zero-order valence-corrected chi connectivity index (χ0v) is 12.5. The van der Waals surface area contributed by atoms with Gasteiger partial charge in [0.15, 0.2) is 11.5 Å². The summed E-state index contributed by atoms with van der Waals surface area (Å²) in [7, 11) is 0. The van der Waals surface area contributed by atoms with Crippen LogP contribution in [0.15, 0.2) is 24.3 Å². The zero-order valence-electron chi connectivity index (χ0n) is 12.5. The summed E-state index contributed by atoms with van der Waals surface area (Å²) in [5, 5.41) is 8.52. The van der Waals surface area contributed by atoms with E-state index >= 15 is 0 Å². The summed E-state index contributed by atoms with van der Waals surface area (Å²) in [6, 6.07) is 5.20. The van der Waals surface area contributed by atoms with Crippen LogP contribution in [0.2, 0.25) is 0 Å². The van der Waals surface area contributed by atoms with Crippen molar-refractivity contribution in [2.24, 2.45) is 5.92 Å². The van der Waals surface area contributed by atoms with Crippen molar-refractivity contribution in [1.82, 2.24) is 0 Å². The molecule has 1 rings (SSSR count). The fourth-order valence-electron chi connectivity index (χ4n) is 1.52. The predicted octanol–water partition coefficient (Wildman–Crippen LogP) is 2.79. The SMILES string of the molecule is CCOc1cc(/C=C/C(=O)C(=O)O)ccc1OCC(C)C. The van der Waals surface area contributed by atoms with Gasteiger partial charge in [-0.3, -0.25) is 4.79 Å². The Labute approximate surface area is 124 Å². The van der Waals surface area contributed by atoms with Crippen LogP contribution in [0.25, 0.3) is 6.08 Å². The summed E-state index contributed by atoms with van der Waals surface area (Å²) < 4.78 is 11.2. The molecule has 0 unspecified atom stereocenters. The molecule has 21 heavy (non-hydrogen) atoms. The van der Waals surface area contributed by atoms with Crippen LogP contribution < -0.4 is 9.47 Å². The first-order valence-electron chi connectivity index (χ1n) is 6.79. The second-order valence-corrected chi connectivity index (χ2v) is 4.85. The minimum Gasteiger partial charge on any atom is -0.490 e. The highest BCUT2D eigenvalue weighted by molar-refractivity contribution is 6.38. The van der Waals surface area contributed by atoms with Crippen molar-refractivity contribution in [2.45, 2.75) is 20.8 Å².